The highest BCUT2D eigenvalue weighted by atomic mass is 16.3. The first-order valence-electron chi connectivity index (χ1n) is 5.05. The van der Waals surface area contributed by atoms with E-state index in [4.69, 9.17) is 5.11 Å². The van der Waals surface area contributed by atoms with Crippen molar-refractivity contribution in [2.24, 2.45) is 0 Å². The number of carbonyl (C=O) groups is 2. The van der Waals surface area contributed by atoms with Gasteiger partial charge >= 0.3 is 0 Å². The van der Waals surface area contributed by atoms with Crippen LogP contribution in [0.1, 0.15) is 16.8 Å². The summed E-state index contributed by atoms with van der Waals surface area (Å²) in [5, 5.41) is 23.4. The first-order chi connectivity index (χ1) is 8.04. The van der Waals surface area contributed by atoms with E-state index in [1.807, 2.05) is 0 Å². The van der Waals surface area contributed by atoms with Crippen LogP contribution >= 0.6 is 0 Å². The van der Waals surface area contributed by atoms with Crippen LogP contribution in [-0.4, -0.2) is 35.6 Å². The highest BCUT2D eigenvalue weighted by Gasteiger charge is 2.11. The molecule has 6 nitrogen and oxygen atoms in total. The van der Waals surface area contributed by atoms with Gasteiger partial charge in [-0.1, -0.05) is 0 Å². The van der Waals surface area contributed by atoms with E-state index in [0.717, 1.165) is 6.07 Å². The van der Waals surface area contributed by atoms with Gasteiger partial charge in [0.25, 0.3) is 5.91 Å². The van der Waals surface area contributed by atoms with Gasteiger partial charge in [0.05, 0.1) is 5.56 Å². The quantitative estimate of drug-likeness (QED) is 0.591. The third-order valence-electron chi connectivity index (χ3n) is 2.14. The first-order valence-corrected chi connectivity index (χ1v) is 5.05. The Kier molecular flexibility index (Phi) is 4.33. The molecule has 0 spiro atoms. The smallest absolute Gasteiger partial charge is 0.255 e. The molecule has 1 aromatic carbocycles. The van der Waals surface area contributed by atoms with Gasteiger partial charge in [0, 0.05) is 26.1 Å². The first kappa shape index (κ1) is 12.8. The summed E-state index contributed by atoms with van der Waals surface area (Å²) < 4.78 is 0. The van der Waals surface area contributed by atoms with Crippen molar-refractivity contribution in [3.63, 3.8) is 0 Å². The Labute approximate surface area is 98.3 Å². The van der Waals surface area contributed by atoms with Crippen molar-refractivity contribution in [2.75, 3.05) is 13.6 Å². The number of aromatic hydroxyl groups is 2. The number of benzene rings is 1. The molecule has 0 radical (unpaired) electrons. The SMILES string of the molecule is CNC(=O)CCNC(=O)c1ccc(O)cc1O. The maximum absolute atomic E-state index is 11.6. The summed E-state index contributed by atoms with van der Waals surface area (Å²) in [7, 11) is 1.51. The Morgan fingerprint density at radius 2 is 2.00 bits per heavy atom. The molecule has 0 aliphatic heterocycles. The van der Waals surface area contributed by atoms with Crippen LogP contribution in [0.4, 0.5) is 0 Å². The van der Waals surface area contributed by atoms with E-state index in [1.54, 1.807) is 0 Å². The number of amides is 2. The number of hydrogen-bond donors (Lipinski definition) is 4. The Morgan fingerprint density at radius 3 is 2.59 bits per heavy atom. The van der Waals surface area contributed by atoms with Crippen LogP contribution in [0.25, 0.3) is 0 Å². The maximum atomic E-state index is 11.6. The molecule has 6 heteroatoms. The van der Waals surface area contributed by atoms with Crippen molar-refractivity contribution in [3.8, 4) is 11.5 Å². The zero-order chi connectivity index (χ0) is 12.8. The van der Waals surface area contributed by atoms with Crippen molar-refractivity contribution in [3.05, 3.63) is 23.8 Å². The van der Waals surface area contributed by atoms with Crippen LogP contribution in [0.2, 0.25) is 0 Å². The molecule has 0 unspecified atom stereocenters. The molecule has 2 amide bonds. The number of rotatable bonds is 4. The number of carbonyl (C=O) groups excluding carboxylic acids is 2. The minimum absolute atomic E-state index is 0.0553. The van der Waals surface area contributed by atoms with Gasteiger partial charge in [0.2, 0.25) is 5.91 Å². The highest BCUT2D eigenvalue weighted by Crippen LogP contribution is 2.22. The third-order valence-corrected chi connectivity index (χ3v) is 2.14. The molecule has 0 bridgehead atoms. The van der Waals surface area contributed by atoms with Gasteiger partial charge in [-0.2, -0.15) is 0 Å². The van der Waals surface area contributed by atoms with Crippen LogP contribution in [0.5, 0.6) is 11.5 Å². The molecule has 1 aromatic rings. The zero-order valence-corrected chi connectivity index (χ0v) is 9.36. The largest absolute Gasteiger partial charge is 0.508 e. The van der Waals surface area contributed by atoms with Gasteiger partial charge in [0.1, 0.15) is 11.5 Å². The Morgan fingerprint density at radius 1 is 1.29 bits per heavy atom. The molecule has 0 aliphatic rings. The molecule has 0 saturated heterocycles. The van der Waals surface area contributed by atoms with E-state index in [-0.39, 0.29) is 35.9 Å². The van der Waals surface area contributed by atoms with Crippen LogP contribution in [0.15, 0.2) is 18.2 Å². The summed E-state index contributed by atoms with van der Waals surface area (Å²) in [5.74, 6) is -1.10. The Balaban J connectivity index is 2.55. The summed E-state index contributed by atoms with van der Waals surface area (Å²) in [6, 6.07) is 3.68. The molecule has 17 heavy (non-hydrogen) atoms. The van der Waals surface area contributed by atoms with Crippen molar-refractivity contribution >= 4 is 11.8 Å². The Hall–Kier alpha value is -2.24. The maximum Gasteiger partial charge on any atom is 0.255 e. The minimum atomic E-state index is -0.494. The second kappa shape index (κ2) is 5.74. The lowest BCUT2D eigenvalue weighted by molar-refractivity contribution is -0.120. The van der Waals surface area contributed by atoms with Gasteiger partial charge in [0.15, 0.2) is 0 Å². The molecule has 0 saturated carbocycles. The fraction of sp³-hybridized carbons (Fsp3) is 0.273. The Bertz CT molecular complexity index is 431. The normalized spacial score (nSPS) is 9.71. The molecular formula is C11H14N2O4. The molecule has 4 N–H and O–H groups in total. The number of phenols is 2. The number of hydrogen-bond acceptors (Lipinski definition) is 4. The molecule has 1 rings (SSSR count). The lowest BCUT2D eigenvalue weighted by Crippen LogP contribution is -2.29. The van der Waals surface area contributed by atoms with Crippen molar-refractivity contribution in [1.82, 2.24) is 10.6 Å². The molecule has 0 aromatic heterocycles. The van der Waals surface area contributed by atoms with Gasteiger partial charge < -0.3 is 20.8 Å². The highest BCUT2D eigenvalue weighted by molar-refractivity contribution is 5.97. The van der Waals surface area contributed by atoms with Crippen LogP contribution in [0.3, 0.4) is 0 Å². The molecule has 0 atom stereocenters. The van der Waals surface area contributed by atoms with Crippen LogP contribution in [0, 0.1) is 0 Å². The molecule has 0 fully saturated rings. The second-order valence-electron chi connectivity index (χ2n) is 3.38. The van der Waals surface area contributed by atoms with E-state index in [0.29, 0.717) is 0 Å². The zero-order valence-electron chi connectivity index (χ0n) is 9.36. The number of nitrogens with one attached hydrogen (secondary N) is 2. The van der Waals surface area contributed by atoms with Crippen molar-refractivity contribution in [1.29, 1.82) is 0 Å². The lowest BCUT2D eigenvalue weighted by Gasteiger charge is -2.06. The van der Waals surface area contributed by atoms with Crippen molar-refractivity contribution < 1.29 is 19.8 Å². The standard InChI is InChI=1S/C11H14N2O4/c1-12-10(16)4-5-13-11(17)8-3-2-7(14)6-9(8)15/h2-3,6,14-15H,4-5H2,1H3,(H,12,16)(H,13,17). The topological polar surface area (TPSA) is 98.7 Å². The van der Waals surface area contributed by atoms with E-state index < -0.39 is 5.91 Å². The van der Waals surface area contributed by atoms with E-state index >= 15 is 0 Å². The predicted octanol–water partition coefficient (Wildman–Crippen LogP) is -0.0363. The van der Waals surface area contributed by atoms with E-state index in [2.05, 4.69) is 10.6 Å². The van der Waals surface area contributed by atoms with Gasteiger partial charge in [-0.25, -0.2) is 0 Å². The van der Waals surface area contributed by atoms with E-state index in [1.165, 1.54) is 19.2 Å². The number of phenolic OH excluding ortho intramolecular Hbond substituents is 2. The van der Waals surface area contributed by atoms with Crippen LogP contribution in [-0.2, 0) is 4.79 Å². The summed E-state index contributed by atoms with van der Waals surface area (Å²) >= 11 is 0. The average Bonchev–Trinajstić information content (AvgIpc) is 2.28. The fourth-order valence-corrected chi connectivity index (χ4v) is 1.22. The second-order valence-corrected chi connectivity index (χ2v) is 3.38. The van der Waals surface area contributed by atoms with E-state index in [9.17, 15) is 14.7 Å². The third kappa shape index (κ3) is 3.67. The lowest BCUT2D eigenvalue weighted by atomic mass is 10.2. The van der Waals surface area contributed by atoms with Gasteiger partial charge in [-0.05, 0) is 12.1 Å². The summed E-state index contributed by atoms with van der Waals surface area (Å²) in [5.41, 5.74) is 0.0553. The summed E-state index contributed by atoms with van der Waals surface area (Å²) in [6.45, 7) is 0.179. The minimum Gasteiger partial charge on any atom is -0.508 e. The van der Waals surface area contributed by atoms with Gasteiger partial charge in [-0.3, -0.25) is 9.59 Å². The molecule has 0 heterocycles. The average molecular weight is 238 g/mol. The van der Waals surface area contributed by atoms with Crippen LogP contribution < -0.4 is 10.6 Å². The van der Waals surface area contributed by atoms with Gasteiger partial charge in [-0.15, -0.1) is 0 Å². The molecule has 92 valence electrons. The predicted molar refractivity (Wildman–Crippen MR) is 60.8 cm³/mol. The van der Waals surface area contributed by atoms with Crippen molar-refractivity contribution in [2.45, 2.75) is 6.42 Å². The molecule has 0 aliphatic carbocycles. The fourth-order valence-electron chi connectivity index (χ4n) is 1.22. The summed E-state index contributed by atoms with van der Waals surface area (Å²) in [6.07, 6.45) is 0.168. The summed E-state index contributed by atoms with van der Waals surface area (Å²) in [4.78, 5) is 22.5. The molecular weight excluding hydrogens is 224 g/mol. The monoisotopic (exact) mass is 238 g/mol.